The van der Waals surface area contributed by atoms with Crippen molar-refractivity contribution in [3.8, 4) is 5.75 Å². The molecule has 5 nitrogen and oxygen atoms in total. The van der Waals surface area contributed by atoms with Crippen LogP contribution in [0.2, 0.25) is 0 Å². The maximum Gasteiger partial charge on any atom is 0.261 e. The highest BCUT2D eigenvalue weighted by atomic mass is 79.9. The van der Waals surface area contributed by atoms with E-state index in [2.05, 4.69) is 28.2 Å². The molecule has 0 saturated heterocycles. The average Bonchev–Trinajstić information content (AvgIpc) is 2.74. The number of carbonyl (C=O) groups is 2. The van der Waals surface area contributed by atoms with Crippen LogP contribution in [0.5, 0.6) is 5.75 Å². The maximum atomic E-state index is 13.2. The fourth-order valence-electron chi connectivity index (χ4n) is 3.29. The van der Waals surface area contributed by atoms with Crippen LogP contribution in [0.3, 0.4) is 0 Å². The van der Waals surface area contributed by atoms with Crippen molar-refractivity contribution in [2.45, 2.75) is 53.1 Å². The van der Waals surface area contributed by atoms with Crippen molar-refractivity contribution in [2.24, 2.45) is 0 Å². The molecule has 0 aliphatic rings. The number of amides is 2. The van der Waals surface area contributed by atoms with Gasteiger partial charge in [0.25, 0.3) is 5.91 Å². The van der Waals surface area contributed by atoms with Gasteiger partial charge in [-0.05, 0) is 71.4 Å². The molecule has 0 aromatic heterocycles. The monoisotopic (exact) mass is 474 g/mol. The van der Waals surface area contributed by atoms with Crippen LogP contribution < -0.4 is 10.1 Å². The van der Waals surface area contributed by atoms with Crippen LogP contribution in [-0.4, -0.2) is 35.9 Å². The van der Waals surface area contributed by atoms with Gasteiger partial charge in [0, 0.05) is 13.1 Å². The third-order valence-electron chi connectivity index (χ3n) is 5.09. The van der Waals surface area contributed by atoms with Crippen LogP contribution in [-0.2, 0) is 22.6 Å². The lowest BCUT2D eigenvalue weighted by atomic mass is 10.1. The molecule has 0 aliphatic heterocycles. The third-order valence-corrected chi connectivity index (χ3v) is 5.71. The van der Waals surface area contributed by atoms with Crippen LogP contribution >= 0.6 is 15.9 Å². The second kappa shape index (κ2) is 11.7. The van der Waals surface area contributed by atoms with Crippen LogP contribution in [0.1, 0.15) is 43.9 Å². The van der Waals surface area contributed by atoms with E-state index in [4.69, 9.17) is 4.74 Å². The van der Waals surface area contributed by atoms with E-state index in [1.165, 1.54) is 5.56 Å². The number of rotatable bonds is 10. The Labute approximate surface area is 187 Å². The Morgan fingerprint density at radius 2 is 1.87 bits per heavy atom. The molecule has 0 spiro atoms. The van der Waals surface area contributed by atoms with Gasteiger partial charge in [0.15, 0.2) is 6.61 Å². The predicted molar refractivity (Wildman–Crippen MR) is 124 cm³/mol. The molecule has 6 heteroatoms. The molecule has 0 heterocycles. The van der Waals surface area contributed by atoms with E-state index in [9.17, 15) is 9.59 Å². The van der Waals surface area contributed by atoms with Gasteiger partial charge in [-0.25, -0.2) is 0 Å². The van der Waals surface area contributed by atoms with Crippen molar-refractivity contribution in [3.63, 3.8) is 0 Å². The van der Waals surface area contributed by atoms with E-state index in [0.717, 1.165) is 22.0 Å². The van der Waals surface area contributed by atoms with Gasteiger partial charge >= 0.3 is 0 Å². The summed E-state index contributed by atoms with van der Waals surface area (Å²) in [6, 6.07) is 13.2. The van der Waals surface area contributed by atoms with Gasteiger partial charge in [-0.1, -0.05) is 44.2 Å². The van der Waals surface area contributed by atoms with Crippen LogP contribution in [0, 0.1) is 6.92 Å². The summed E-state index contributed by atoms with van der Waals surface area (Å²) in [5.74, 6) is 0.251. The molecule has 0 unspecified atom stereocenters. The first-order valence-electron chi connectivity index (χ1n) is 10.4. The normalized spacial score (nSPS) is 11.6. The van der Waals surface area contributed by atoms with Gasteiger partial charge in [-0.3, -0.25) is 9.59 Å². The Balaban J connectivity index is 2.22. The molecule has 2 amide bonds. The summed E-state index contributed by atoms with van der Waals surface area (Å²) in [6.07, 6.45) is 1.45. The number of ether oxygens (including phenoxy) is 1. The number of likely N-dealkylation sites (N-methyl/N-ethyl adjacent to an activating group) is 1. The lowest BCUT2D eigenvalue weighted by molar-refractivity contribution is -0.142. The van der Waals surface area contributed by atoms with Crippen molar-refractivity contribution in [1.82, 2.24) is 10.2 Å². The molecule has 1 atom stereocenters. The Morgan fingerprint density at radius 1 is 1.13 bits per heavy atom. The molecule has 0 bridgehead atoms. The zero-order chi connectivity index (χ0) is 22.1. The van der Waals surface area contributed by atoms with Crippen molar-refractivity contribution in [2.75, 3.05) is 13.2 Å². The molecular weight excluding hydrogens is 444 g/mol. The summed E-state index contributed by atoms with van der Waals surface area (Å²) in [7, 11) is 0. The number of halogens is 1. The minimum atomic E-state index is -0.549. The predicted octanol–water partition coefficient (Wildman–Crippen LogP) is 4.64. The lowest BCUT2D eigenvalue weighted by Crippen LogP contribution is -2.50. The number of benzene rings is 2. The Morgan fingerprint density at radius 3 is 2.47 bits per heavy atom. The van der Waals surface area contributed by atoms with E-state index in [1.54, 1.807) is 4.90 Å². The van der Waals surface area contributed by atoms with Crippen molar-refractivity contribution in [3.05, 3.63) is 63.6 Å². The molecule has 2 rings (SSSR count). The summed E-state index contributed by atoms with van der Waals surface area (Å²) in [5.41, 5.74) is 3.28. The highest BCUT2D eigenvalue weighted by molar-refractivity contribution is 9.10. The summed E-state index contributed by atoms with van der Waals surface area (Å²) in [5, 5.41) is 2.85. The number of hydrogen-bond donors (Lipinski definition) is 1. The van der Waals surface area contributed by atoms with Crippen LogP contribution in [0.25, 0.3) is 0 Å². The van der Waals surface area contributed by atoms with E-state index in [1.807, 2.05) is 63.2 Å². The molecule has 0 saturated carbocycles. The molecule has 1 N–H and O–H groups in total. The molecule has 2 aromatic carbocycles. The fourth-order valence-corrected chi connectivity index (χ4v) is 3.83. The average molecular weight is 475 g/mol. The van der Waals surface area contributed by atoms with E-state index >= 15 is 0 Å². The first-order chi connectivity index (χ1) is 14.4. The van der Waals surface area contributed by atoms with Gasteiger partial charge < -0.3 is 15.0 Å². The van der Waals surface area contributed by atoms with Gasteiger partial charge in [-0.15, -0.1) is 0 Å². The van der Waals surface area contributed by atoms with E-state index in [0.29, 0.717) is 25.3 Å². The number of hydrogen-bond acceptors (Lipinski definition) is 3. The standard InChI is InChI=1S/C24H31BrN2O3/c1-5-18-12-13-22(20(25)14-18)30-16-23(28)27(21(6-2)24(29)26-7-3)15-19-11-9-8-10-17(19)4/h8-14,21H,5-7,15-16H2,1-4H3,(H,26,29)/t21-/m0/s1. The highest BCUT2D eigenvalue weighted by Gasteiger charge is 2.29. The van der Waals surface area contributed by atoms with Crippen LogP contribution in [0.4, 0.5) is 0 Å². The van der Waals surface area contributed by atoms with Gasteiger partial charge in [-0.2, -0.15) is 0 Å². The summed E-state index contributed by atoms with van der Waals surface area (Å²) >= 11 is 3.51. The van der Waals surface area contributed by atoms with Gasteiger partial charge in [0.05, 0.1) is 4.47 Å². The topological polar surface area (TPSA) is 58.6 Å². The molecule has 0 aliphatic carbocycles. The van der Waals surface area contributed by atoms with Crippen molar-refractivity contribution < 1.29 is 14.3 Å². The SMILES string of the molecule is CCNC(=O)[C@H](CC)N(Cc1ccccc1C)C(=O)COc1ccc(CC)cc1Br. The number of nitrogens with one attached hydrogen (secondary N) is 1. The molecule has 30 heavy (non-hydrogen) atoms. The smallest absolute Gasteiger partial charge is 0.261 e. The summed E-state index contributed by atoms with van der Waals surface area (Å²) in [6.45, 7) is 8.63. The highest BCUT2D eigenvalue weighted by Crippen LogP contribution is 2.26. The number of aryl methyl sites for hydroxylation is 2. The molecule has 0 fully saturated rings. The molecule has 2 aromatic rings. The van der Waals surface area contributed by atoms with Gasteiger partial charge in [0.2, 0.25) is 5.91 Å². The number of carbonyl (C=O) groups excluding carboxylic acids is 2. The van der Waals surface area contributed by atoms with Crippen molar-refractivity contribution >= 4 is 27.7 Å². The maximum absolute atomic E-state index is 13.2. The molecular formula is C24H31BrN2O3. The largest absolute Gasteiger partial charge is 0.483 e. The molecule has 0 radical (unpaired) electrons. The van der Waals surface area contributed by atoms with E-state index in [-0.39, 0.29) is 18.4 Å². The number of nitrogens with zero attached hydrogens (tertiary/aromatic N) is 1. The summed E-state index contributed by atoms with van der Waals surface area (Å²) < 4.78 is 6.63. The Bertz CT molecular complexity index is 869. The Kier molecular flexibility index (Phi) is 9.37. The van der Waals surface area contributed by atoms with Crippen molar-refractivity contribution in [1.29, 1.82) is 0 Å². The second-order valence-electron chi connectivity index (χ2n) is 7.17. The first kappa shape index (κ1) is 23.9. The first-order valence-corrected chi connectivity index (χ1v) is 11.2. The minimum absolute atomic E-state index is 0.133. The lowest BCUT2D eigenvalue weighted by Gasteiger charge is -2.31. The third kappa shape index (κ3) is 6.33. The zero-order valence-corrected chi connectivity index (χ0v) is 19.8. The van der Waals surface area contributed by atoms with Gasteiger partial charge in [0.1, 0.15) is 11.8 Å². The van der Waals surface area contributed by atoms with Crippen LogP contribution in [0.15, 0.2) is 46.9 Å². The minimum Gasteiger partial charge on any atom is -0.483 e. The zero-order valence-electron chi connectivity index (χ0n) is 18.2. The fraction of sp³-hybridized carbons (Fsp3) is 0.417. The summed E-state index contributed by atoms with van der Waals surface area (Å²) in [4.78, 5) is 27.4. The molecule has 162 valence electrons. The second-order valence-corrected chi connectivity index (χ2v) is 8.03. The quantitative estimate of drug-likeness (QED) is 0.545. The van der Waals surface area contributed by atoms with E-state index < -0.39 is 6.04 Å². The Hall–Kier alpha value is -2.34.